The second-order valence-corrected chi connectivity index (χ2v) is 6.57. The van der Waals surface area contributed by atoms with Crippen molar-refractivity contribution in [1.82, 2.24) is 4.90 Å². The van der Waals surface area contributed by atoms with Gasteiger partial charge in [-0.1, -0.05) is 18.6 Å². The molecule has 1 aliphatic rings. The van der Waals surface area contributed by atoms with Crippen LogP contribution < -0.4 is 10.1 Å². The number of methoxy groups -OCH3 is 1. The molecule has 3 rings (SSSR count). The molecule has 27 heavy (non-hydrogen) atoms. The molecule has 2 aromatic carbocycles. The van der Waals surface area contributed by atoms with Crippen LogP contribution in [0.3, 0.4) is 0 Å². The first kappa shape index (κ1) is 18.8. The molecule has 7 heteroatoms. The van der Waals surface area contributed by atoms with Crippen molar-refractivity contribution in [1.29, 1.82) is 0 Å². The topological polar surface area (TPSA) is 84.7 Å². The van der Waals surface area contributed by atoms with E-state index < -0.39 is 11.0 Å². The van der Waals surface area contributed by atoms with Gasteiger partial charge in [-0.05, 0) is 55.8 Å². The summed E-state index contributed by atoms with van der Waals surface area (Å²) in [5.41, 5.74) is 1.46. The van der Waals surface area contributed by atoms with Gasteiger partial charge in [0.2, 0.25) is 5.91 Å². The highest BCUT2D eigenvalue weighted by molar-refractivity contribution is 5.95. The third kappa shape index (κ3) is 4.62. The number of piperidine rings is 1. The maximum absolute atomic E-state index is 13.1. The van der Waals surface area contributed by atoms with Crippen molar-refractivity contribution in [2.24, 2.45) is 0 Å². The average molecular weight is 369 g/mol. The maximum atomic E-state index is 13.1. The molecule has 1 saturated heterocycles. The van der Waals surface area contributed by atoms with E-state index in [9.17, 15) is 14.9 Å². The smallest absolute Gasteiger partial charge is 0.269 e. The summed E-state index contributed by atoms with van der Waals surface area (Å²) >= 11 is 0. The molecule has 142 valence electrons. The van der Waals surface area contributed by atoms with Gasteiger partial charge < -0.3 is 10.1 Å². The van der Waals surface area contributed by atoms with E-state index in [4.69, 9.17) is 4.74 Å². The standard InChI is InChI=1S/C20H23N3O4/c1-27-18-11-7-16(8-12-18)21-20(24)19(22-13-3-2-4-14-22)15-5-9-17(10-6-15)23(25)26/h5-12,19H,2-4,13-14H2,1H3,(H,21,24)/t19-/m0/s1. The van der Waals surface area contributed by atoms with Crippen LogP contribution in [0.15, 0.2) is 48.5 Å². The first-order chi connectivity index (χ1) is 13.1. The molecular weight excluding hydrogens is 346 g/mol. The number of ether oxygens (including phenoxy) is 1. The van der Waals surface area contributed by atoms with Crippen molar-refractivity contribution in [2.75, 3.05) is 25.5 Å². The number of nitro benzene ring substituents is 1. The van der Waals surface area contributed by atoms with Gasteiger partial charge in [-0.3, -0.25) is 19.8 Å². The number of hydrogen-bond acceptors (Lipinski definition) is 5. The van der Waals surface area contributed by atoms with Crippen molar-refractivity contribution in [3.63, 3.8) is 0 Å². The summed E-state index contributed by atoms with van der Waals surface area (Å²) in [5, 5.41) is 13.9. The van der Waals surface area contributed by atoms with Crippen LogP contribution in [-0.2, 0) is 4.79 Å². The van der Waals surface area contributed by atoms with Crippen molar-refractivity contribution >= 4 is 17.3 Å². The molecule has 0 bridgehead atoms. The minimum Gasteiger partial charge on any atom is -0.497 e. The van der Waals surface area contributed by atoms with Gasteiger partial charge in [-0.25, -0.2) is 0 Å². The predicted octanol–water partition coefficient (Wildman–Crippen LogP) is 3.77. The summed E-state index contributed by atoms with van der Waals surface area (Å²) in [7, 11) is 1.59. The number of carbonyl (C=O) groups is 1. The molecule has 1 amide bonds. The number of amides is 1. The first-order valence-electron chi connectivity index (χ1n) is 9.02. The molecule has 0 aliphatic carbocycles. The molecule has 1 N–H and O–H groups in total. The summed E-state index contributed by atoms with van der Waals surface area (Å²) in [4.78, 5) is 25.7. The summed E-state index contributed by atoms with van der Waals surface area (Å²) in [5.74, 6) is 0.576. The number of nitrogens with one attached hydrogen (secondary N) is 1. The normalized spacial score (nSPS) is 15.7. The summed E-state index contributed by atoms with van der Waals surface area (Å²) in [6.45, 7) is 1.66. The van der Waals surface area contributed by atoms with E-state index in [-0.39, 0.29) is 11.6 Å². The van der Waals surface area contributed by atoms with E-state index in [0.29, 0.717) is 5.69 Å². The van der Waals surface area contributed by atoms with Crippen molar-refractivity contribution in [2.45, 2.75) is 25.3 Å². The van der Waals surface area contributed by atoms with E-state index in [0.717, 1.165) is 43.7 Å². The van der Waals surface area contributed by atoms with Crippen LogP contribution in [0.2, 0.25) is 0 Å². The van der Waals surface area contributed by atoms with Crippen molar-refractivity contribution in [3.8, 4) is 5.75 Å². The number of hydrogen-bond donors (Lipinski definition) is 1. The fourth-order valence-corrected chi connectivity index (χ4v) is 3.37. The second-order valence-electron chi connectivity index (χ2n) is 6.57. The van der Waals surface area contributed by atoms with Gasteiger partial charge in [-0.2, -0.15) is 0 Å². The Morgan fingerprint density at radius 1 is 1.07 bits per heavy atom. The monoisotopic (exact) mass is 369 g/mol. The first-order valence-corrected chi connectivity index (χ1v) is 9.02. The number of benzene rings is 2. The van der Waals surface area contributed by atoms with E-state index >= 15 is 0 Å². The molecule has 1 atom stereocenters. The van der Waals surface area contributed by atoms with E-state index in [1.54, 1.807) is 43.5 Å². The fourth-order valence-electron chi connectivity index (χ4n) is 3.37. The summed E-state index contributed by atoms with van der Waals surface area (Å²) in [6, 6.07) is 12.9. The zero-order valence-electron chi connectivity index (χ0n) is 15.3. The molecule has 1 fully saturated rings. The zero-order chi connectivity index (χ0) is 19.2. The van der Waals surface area contributed by atoms with Crippen LogP contribution in [0, 0.1) is 10.1 Å². The van der Waals surface area contributed by atoms with Crippen LogP contribution in [0.1, 0.15) is 30.9 Å². The lowest BCUT2D eigenvalue weighted by atomic mass is 10.0. The van der Waals surface area contributed by atoms with Gasteiger partial charge in [0, 0.05) is 17.8 Å². The molecule has 0 saturated carbocycles. The Bertz CT molecular complexity index is 784. The Labute approximate surface area is 158 Å². The van der Waals surface area contributed by atoms with Gasteiger partial charge in [0.15, 0.2) is 0 Å². The Morgan fingerprint density at radius 2 is 1.70 bits per heavy atom. The molecule has 0 spiro atoms. The molecule has 1 aliphatic heterocycles. The third-order valence-electron chi connectivity index (χ3n) is 4.78. The number of anilines is 1. The summed E-state index contributed by atoms with van der Waals surface area (Å²) in [6.07, 6.45) is 3.24. The largest absolute Gasteiger partial charge is 0.497 e. The quantitative estimate of drug-likeness (QED) is 0.619. The number of nitrogens with zero attached hydrogens (tertiary/aromatic N) is 2. The van der Waals surface area contributed by atoms with Gasteiger partial charge >= 0.3 is 0 Å². The van der Waals surface area contributed by atoms with E-state index in [2.05, 4.69) is 10.2 Å². The lowest BCUT2D eigenvalue weighted by molar-refractivity contribution is -0.384. The van der Waals surface area contributed by atoms with Crippen LogP contribution in [0.4, 0.5) is 11.4 Å². The van der Waals surface area contributed by atoms with Crippen LogP contribution in [-0.4, -0.2) is 35.9 Å². The number of non-ortho nitro benzene ring substituents is 1. The Kier molecular flexibility index (Phi) is 6.03. The molecule has 1 heterocycles. The van der Waals surface area contributed by atoms with Gasteiger partial charge in [-0.15, -0.1) is 0 Å². The average Bonchev–Trinajstić information content (AvgIpc) is 2.70. The highest BCUT2D eigenvalue weighted by atomic mass is 16.6. The van der Waals surface area contributed by atoms with Gasteiger partial charge in [0.25, 0.3) is 5.69 Å². The second kappa shape index (κ2) is 8.64. The Morgan fingerprint density at radius 3 is 2.26 bits per heavy atom. The predicted molar refractivity (Wildman–Crippen MR) is 103 cm³/mol. The molecule has 0 aromatic heterocycles. The molecule has 2 aromatic rings. The molecular formula is C20H23N3O4. The van der Waals surface area contributed by atoms with Gasteiger partial charge in [0.1, 0.15) is 11.8 Å². The SMILES string of the molecule is COc1ccc(NC(=O)[C@H](c2ccc([N+](=O)[O-])cc2)N2CCCCC2)cc1. The number of carbonyl (C=O) groups excluding carboxylic acids is 1. The zero-order valence-corrected chi connectivity index (χ0v) is 15.3. The highest BCUT2D eigenvalue weighted by Gasteiger charge is 2.29. The van der Waals surface area contributed by atoms with E-state index in [1.807, 2.05) is 0 Å². The number of rotatable bonds is 6. The number of likely N-dealkylation sites (tertiary alicyclic amines) is 1. The maximum Gasteiger partial charge on any atom is 0.269 e. The molecule has 0 radical (unpaired) electrons. The molecule has 7 nitrogen and oxygen atoms in total. The fraction of sp³-hybridized carbons (Fsp3) is 0.350. The van der Waals surface area contributed by atoms with Crippen molar-refractivity contribution in [3.05, 3.63) is 64.2 Å². The van der Waals surface area contributed by atoms with Crippen LogP contribution >= 0.6 is 0 Å². The minimum atomic E-state index is -0.479. The van der Waals surface area contributed by atoms with Crippen molar-refractivity contribution < 1.29 is 14.5 Å². The lowest BCUT2D eigenvalue weighted by Gasteiger charge is -2.33. The minimum absolute atomic E-state index is 0.0201. The highest BCUT2D eigenvalue weighted by Crippen LogP contribution is 2.28. The van der Waals surface area contributed by atoms with Gasteiger partial charge in [0.05, 0.1) is 12.0 Å². The molecule has 0 unspecified atom stereocenters. The lowest BCUT2D eigenvalue weighted by Crippen LogP contribution is -2.40. The third-order valence-corrected chi connectivity index (χ3v) is 4.78. The van der Waals surface area contributed by atoms with Crippen LogP contribution in [0.25, 0.3) is 0 Å². The number of nitro groups is 1. The Balaban J connectivity index is 1.83. The van der Waals surface area contributed by atoms with Crippen LogP contribution in [0.5, 0.6) is 5.75 Å². The Hall–Kier alpha value is -2.93. The summed E-state index contributed by atoms with van der Waals surface area (Å²) < 4.78 is 5.14. The van der Waals surface area contributed by atoms with E-state index in [1.165, 1.54) is 12.1 Å².